The summed E-state index contributed by atoms with van der Waals surface area (Å²) in [6.07, 6.45) is 8.00. The molecule has 0 bridgehead atoms. The Hall–Kier alpha value is -1.62. The van der Waals surface area contributed by atoms with E-state index in [1.54, 1.807) is 6.20 Å². The van der Waals surface area contributed by atoms with E-state index >= 15 is 0 Å². The van der Waals surface area contributed by atoms with Crippen LogP contribution in [0.5, 0.6) is 0 Å². The summed E-state index contributed by atoms with van der Waals surface area (Å²) in [6.45, 7) is 3.05. The van der Waals surface area contributed by atoms with E-state index in [4.69, 9.17) is 0 Å². The van der Waals surface area contributed by atoms with Crippen LogP contribution in [-0.2, 0) is 0 Å². The number of amides is 1. The van der Waals surface area contributed by atoms with E-state index in [2.05, 4.69) is 9.88 Å². The van der Waals surface area contributed by atoms with Crippen LogP contribution in [-0.4, -0.2) is 53.2 Å². The van der Waals surface area contributed by atoms with Crippen LogP contribution in [0.4, 0.5) is 5.82 Å². The highest BCUT2D eigenvalue weighted by Gasteiger charge is 2.27. The molecular formula is C17H25N3O2. The third-order valence-corrected chi connectivity index (χ3v) is 4.78. The zero-order valence-electron chi connectivity index (χ0n) is 13.1. The third kappa shape index (κ3) is 3.24. The molecule has 1 aromatic rings. The fraction of sp³-hybridized carbons (Fsp3) is 0.647. The minimum atomic E-state index is 0.0543. The number of aliphatic hydroxyl groups excluding tert-OH is 1. The van der Waals surface area contributed by atoms with Crippen LogP contribution in [0.1, 0.15) is 48.9 Å². The van der Waals surface area contributed by atoms with Crippen molar-refractivity contribution in [2.75, 3.05) is 31.1 Å². The summed E-state index contributed by atoms with van der Waals surface area (Å²) in [5.41, 5.74) is 0.660. The number of nitrogens with zero attached hydrogens (tertiary/aromatic N) is 3. The second-order valence-corrected chi connectivity index (χ2v) is 6.26. The normalized spacial score (nSPS) is 22.1. The van der Waals surface area contributed by atoms with Crippen LogP contribution in [0.2, 0.25) is 0 Å². The van der Waals surface area contributed by atoms with Crippen LogP contribution >= 0.6 is 0 Å². The summed E-state index contributed by atoms with van der Waals surface area (Å²) < 4.78 is 0. The number of pyridine rings is 1. The van der Waals surface area contributed by atoms with Gasteiger partial charge in [0.2, 0.25) is 0 Å². The highest BCUT2D eigenvalue weighted by molar-refractivity contribution is 5.94. The molecule has 1 amide bonds. The van der Waals surface area contributed by atoms with Crippen molar-refractivity contribution in [3.8, 4) is 0 Å². The van der Waals surface area contributed by atoms with Gasteiger partial charge in [-0.05, 0) is 50.7 Å². The van der Waals surface area contributed by atoms with Gasteiger partial charge < -0.3 is 14.9 Å². The summed E-state index contributed by atoms with van der Waals surface area (Å²) >= 11 is 0. The fourth-order valence-electron chi connectivity index (χ4n) is 3.53. The smallest absolute Gasteiger partial charge is 0.255 e. The summed E-state index contributed by atoms with van der Waals surface area (Å²) in [5.74, 6) is 1.03. The van der Waals surface area contributed by atoms with Crippen molar-refractivity contribution >= 4 is 11.7 Å². The molecule has 2 saturated heterocycles. The van der Waals surface area contributed by atoms with E-state index in [0.29, 0.717) is 12.0 Å². The predicted molar refractivity (Wildman–Crippen MR) is 86.1 cm³/mol. The summed E-state index contributed by atoms with van der Waals surface area (Å²) in [7, 11) is 0. The van der Waals surface area contributed by atoms with Gasteiger partial charge in [-0.2, -0.15) is 0 Å². The van der Waals surface area contributed by atoms with Crippen molar-refractivity contribution in [1.29, 1.82) is 0 Å². The lowest BCUT2D eigenvalue weighted by atomic mass is 9.98. The Labute approximate surface area is 131 Å². The van der Waals surface area contributed by atoms with Gasteiger partial charge in [-0.25, -0.2) is 4.98 Å². The molecule has 0 radical (unpaired) electrons. The van der Waals surface area contributed by atoms with Gasteiger partial charge in [-0.15, -0.1) is 0 Å². The summed E-state index contributed by atoms with van der Waals surface area (Å²) in [6, 6.07) is 4.03. The molecule has 3 rings (SSSR count). The second kappa shape index (κ2) is 7.09. The Morgan fingerprint density at radius 1 is 1.18 bits per heavy atom. The lowest BCUT2D eigenvalue weighted by molar-refractivity contribution is 0.0574. The van der Waals surface area contributed by atoms with Gasteiger partial charge in [0.25, 0.3) is 5.91 Å². The molecular weight excluding hydrogens is 278 g/mol. The molecule has 0 spiro atoms. The molecule has 5 nitrogen and oxygen atoms in total. The van der Waals surface area contributed by atoms with Gasteiger partial charge in [0, 0.05) is 38.5 Å². The van der Waals surface area contributed by atoms with E-state index in [1.807, 2.05) is 17.0 Å². The number of likely N-dealkylation sites (tertiary alicyclic amines) is 1. The molecule has 2 fully saturated rings. The predicted octanol–water partition coefficient (Wildman–Crippen LogP) is 2.06. The first kappa shape index (κ1) is 15.3. The Kier molecular flexibility index (Phi) is 4.93. The molecule has 1 unspecified atom stereocenters. The first-order chi connectivity index (χ1) is 10.8. The third-order valence-electron chi connectivity index (χ3n) is 4.78. The zero-order chi connectivity index (χ0) is 15.4. The minimum absolute atomic E-state index is 0.0543. The van der Waals surface area contributed by atoms with Gasteiger partial charge in [-0.1, -0.05) is 0 Å². The first-order valence-corrected chi connectivity index (χ1v) is 8.42. The number of carbonyl (C=O) groups excluding carboxylic acids is 1. The summed E-state index contributed by atoms with van der Waals surface area (Å²) in [5, 5.41) is 9.19. The second-order valence-electron chi connectivity index (χ2n) is 6.26. The Morgan fingerprint density at radius 2 is 1.95 bits per heavy atom. The standard InChI is InChI=1S/C17H25N3O2/c21-12-8-15-5-1-2-11-20(15)17(22)14-6-7-16(18-13-14)19-9-3-4-10-19/h6-7,13,15,21H,1-5,8-12H2. The van der Waals surface area contributed by atoms with Crippen molar-refractivity contribution in [3.63, 3.8) is 0 Å². The van der Waals surface area contributed by atoms with Crippen LogP contribution in [0.25, 0.3) is 0 Å². The van der Waals surface area contributed by atoms with Crippen molar-refractivity contribution in [1.82, 2.24) is 9.88 Å². The number of aromatic nitrogens is 1. The number of carbonyl (C=O) groups is 1. The highest BCUT2D eigenvalue weighted by atomic mass is 16.3. The fourth-order valence-corrected chi connectivity index (χ4v) is 3.53. The molecule has 1 aromatic heterocycles. The molecule has 0 aliphatic carbocycles. The molecule has 5 heteroatoms. The summed E-state index contributed by atoms with van der Waals surface area (Å²) in [4.78, 5) is 21.4. The van der Waals surface area contributed by atoms with E-state index < -0.39 is 0 Å². The van der Waals surface area contributed by atoms with Crippen molar-refractivity contribution in [2.45, 2.75) is 44.6 Å². The molecule has 0 aromatic carbocycles. The van der Waals surface area contributed by atoms with Gasteiger partial charge in [-0.3, -0.25) is 4.79 Å². The monoisotopic (exact) mass is 303 g/mol. The van der Waals surface area contributed by atoms with E-state index in [-0.39, 0.29) is 18.6 Å². The molecule has 2 aliphatic rings. The molecule has 3 heterocycles. The molecule has 0 saturated carbocycles. The molecule has 1 N–H and O–H groups in total. The topological polar surface area (TPSA) is 56.7 Å². The number of rotatable bonds is 4. The lowest BCUT2D eigenvalue weighted by Gasteiger charge is -2.35. The Morgan fingerprint density at radius 3 is 2.64 bits per heavy atom. The van der Waals surface area contributed by atoms with Crippen LogP contribution < -0.4 is 4.90 Å². The van der Waals surface area contributed by atoms with Gasteiger partial charge >= 0.3 is 0 Å². The largest absolute Gasteiger partial charge is 0.396 e. The number of piperidine rings is 1. The Bertz CT molecular complexity index is 495. The number of hydrogen-bond acceptors (Lipinski definition) is 4. The van der Waals surface area contributed by atoms with E-state index in [9.17, 15) is 9.90 Å². The van der Waals surface area contributed by atoms with Crippen LogP contribution in [0.15, 0.2) is 18.3 Å². The molecule has 120 valence electrons. The molecule has 1 atom stereocenters. The minimum Gasteiger partial charge on any atom is -0.396 e. The van der Waals surface area contributed by atoms with Crippen molar-refractivity contribution < 1.29 is 9.90 Å². The maximum Gasteiger partial charge on any atom is 0.255 e. The van der Waals surface area contributed by atoms with Crippen LogP contribution in [0, 0.1) is 0 Å². The molecule has 2 aliphatic heterocycles. The lowest BCUT2D eigenvalue weighted by Crippen LogP contribution is -2.44. The van der Waals surface area contributed by atoms with E-state index in [0.717, 1.165) is 44.7 Å². The Balaban J connectivity index is 1.70. The van der Waals surface area contributed by atoms with Gasteiger partial charge in [0.1, 0.15) is 5.82 Å². The molecule has 22 heavy (non-hydrogen) atoms. The SMILES string of the molecule is O=C(c1ccc(N2CCCC2)nc1)N1CCCCC1CCO. The van der Waals surface area contributed by atoms with Gasteiger partial charge in [0.15, 0.2) is 0 Å². The maximum atomic E-state index is 12.7. The maximum absolute atomic E-state index is 12.7. The quantitative estimate of drug-likeness (QED) is 0.925. The highest BCUT2D eigenvalue weighted by Crippen LogP contribution is 2.23. The first-order valence-electron chi connectivity index (χ1n) is 8.42. The van der Waals surface area contributed by atoms with Crippen LogP contribution in [0.3, 0.4) is 0 Å². The zero-order valence-corrected chi connectivity index (χ0v) is 13.1. The van der Waals surface area contributed by atoms with E-state index in [1.165, 1.54) is 12.8 Å². The average Bonchev–Trinajstić information content (AvgIpc) is 3.10. The average molecular weight is 303 g/mol. The van der Waals surface area contributed by atoms with Crippen molar-refractivity contribution in [3.05, 3.63) is 23.9 Å². The number of aliphatic hydroxyl groups is 1. The van der Waals surface area contributed by atoms with Gasteiger partial charge in [0.05, 0.1) is 5.56 Å². The number of hydrogen-bond donors (Lipinski definition) is 1. The van der Waals surface area contributed by atoms with Crippen molar-refractivity contribution in [2.24, 2.45) is 0 Å². The number of anilines is 1.